The SMILES string of the molecule is COC(=O)c1csc(C(=O)N(C)C)c1C. The van der Waals surface area contributed by atoms with Gasteiger partial charge in [0.1, 0.15) is 0 Å². The van der Waals surface area contributed by atoms with Crippen molar-refractivity contribution in [1.82, 2.24) is 4.90 Å². The van der Waals surface area contributed by atoms with Crippen LogP contribution < -0.4 is 0 Å². The quantitative estimate of drug-likeness (QED) is 0.720. The van der Waals surface area contributed by atoms with E-state index in [-0.39, 0.29) is 5.91 Å². The summed E-state index contributed by atoms with van der Waals surface area (Å²) in [7, 11) is 4.69. The van der Waals surface area contributed by atoms with Gasteiger partial charge in [-0.05, 0) is 12.5 Å². The highest BCUT2D eigenvalue weighted by Gasteiger charge is 2.20. The number of thiophene rings is 1. The van der Waals surface area contributed by atoms with E-state index < -0.39 is 5.97 Å². The van der Waals surface area contributed by atoms with Gasteiger partial charge in [-0.25, -0.2) is 4.79 Å². The molecule has 5 heteroatoms. The van der Waals surface area contributed by atoms with Gasteiger partial charge in [-0.15, -0.1) is 11.3 Å². The molecule has 1 rings (SSSR count). The minimum Gasteiger partial charge on any atom is -0.465 e. The Kier molecular flexibility index (Phi) is 3.47. The second-order valence-corrected chi connectivity index (χ2v) is 4.17. The Morgan fingerprint density at radius 1 is 1.40 bits per heavy atom. The molecule has 4 nitrogen and oxygen atoms in total. The molecule has 0 fully saturated rings. The molecular weight excluding hydrogens is 214 g/mol. The Morgan fingerprint density at radius 2 is 2.00 bits per heavy atom. The van der Waals surface area contributed by atoms with Crippen LogP contribution in [0.3, 0.4) is 0 Å². The minimum absolute atomic E-state index is 0.0901. The second-order valence-electron chi connectivity index (χ2n) is 3.29. The Labute approximate surface area is 92.5 Å². The van der Waals surface area contributed by atoms with Crippen LogP contribution >= 0.6 is 11.3 Å². The monoisotopic (exact) mass is 227 g/mol. The van der Waals surface area contributed by atoms with E-state index in [1.807, 2.05) is 0 Å². The van der Waals surface area contributed by atoms with Crippen LogP contribution in [-0.2, 0) is 4.74 Å². The first kappa shape index (κ1) is 11.7. The first-order chi connectivity index (χ1) is 6.99. The van der Waals surface area contributed by atoms with Crippen LogP contribution in [0.25, 0.3) is 0 Å². The van der Waals surface area contributed by atoms with E-state index in [1.54, 1.807) is 26.4 Å². The summed E-state index contributed by atoms with van der Waals surface area (Å²) in [4.78, 5) is 25.0. The van der Waals surface area contributed by atoms with E-state index in [1.165, 1.54) is 23.3 Å². The predicted octanol–water partition coefficient (Wildman–Crippen LogP) is 1.54. The lowest BCUT2D eigenvalue weighted by molar-refractivity contribution is 0.0600. The molecule has 0 aliphatic heterocycles. The maximum absolute atomic E-state index is 11.7. The Balaban J connectivity index is 3.09. The van der Waals surface area contributed by atoms with Crippen LogP contribution in [0.2, 0.25) is 0 Å². The molecule has 0 spiro atoms. The molecule has 1 aromatic heterocycles. The summed E-state index contributed by atoms with van der Waals surface area (Å²) < 4.78 is 4.61. The fourth-order valence-corrected chi connectivity index (χ4v) is 2.22. The summed E-state index contributed by atoms with van der Waals surface area (Å²) >= 11 is 1.26. The zero-order chi connectivity index (χ0) is 11.6. The highest BCUT2D eigenvalue weighted by atomic mass is 32.1. The summed E-state index contributed by atoms with van der Waals surface area (Å²) in [5.41, 5.74) is 1.15. The summed E-state index contributed by atoms with van der Waals surface area (Å²) in [6.45, 7) is 1.75. The Morgan fingerprint density at radius 3 is 2.47 bits per heavy atom. The number of carbonyl (C=O) groups excluding carboxylic acids is 2. The summed E-state index contributed by atoms with van der Waals surface area (Å²) in [6.07, 6.45) is 0. The first-order valence-electron chi connectivity index (χ1n) is 4.37. The zero-order valence-electron chi connectivity index (χ0n) is 9.16. The fraction of sp³-hybridized carbons (Fsp3) is 0.400. The number of nitrogens with zero attached hydrogens (tertiary/aromatic N) is 1. The molecule has 0 aliphatic carbocycles. The van der Waals surface area contributed by atoms with Gasteiger partial charge in [0.15, 0.2) is 0 Å². The van der Waals surface area contributed by atoms with Gasteiger partial charge in [-0.3, -0.25) is 4.79 Å². The van der Waals surface area contributed by atoms with Crippen molar-refractivity contribution in [2.45, 2.75) is 6.92 Å². The van der Waals surface area contributed by atoms with Crippen molar-refractivity contribution in [3.05, 3.63) is 21.4 Å². The lowest BCUT2D eigenvalue weighted by Crippen LogP contribution is -2.21. The number of methoxy groups -OCH3 is 1. The number of ether oxygens (including phenoxy) is 1. The lowest BCUT2D eigenvalue weighted by atomic mass is 10.1. The standard InChI is InChI=1S/C10H13NO3S/c1-6-7(10(13)14-4)5-15-8(6)9(12)11(2)3/h5H,1-4H3. The third-order valence-electron chi connectivity index (χ3n) is 2.04. The van der Waals surface area contributed by atoms with Gasteiger partial charge >= 0.3 is 5.97 Å². The highest BCUT2D eigenvalue weighted by molar-refractivity contribution is 7.12. The molecule has 0 N–H and O–H groups in total. The van der Waals surface area contributed by atoms with Crippen LogP contribution in [0, 0.1) is 6.92 Å². The largest absolute Gasteiger partial charge is 0.465 e. The van der Waals surface area contributed by atoms with E-state index >= 15 is 0 Å². The van der Waals surface area contributed by atoms with E-state index in [4.69, 9.17) is 0 Å². The van der Waals surface area contributed by atoms with Gasteiger partial charge in [0.25, 0.3) is 5.91 Å². The smallest absolute Gasteiger partial charge is 0.338 e. The summed E-state index contributed by atoms with van der Waals surface area (Å²) in [5.74, 6) is -0.491. The maximum Gasteiger partial charge on any atom is 0.338 e. The zero-order valence-corrected chi connectivity index (χ0v) is 9.97. The molecule has 0 unspecified atom stereocenters. The molecule has 0 bridgehead atoms. The molecule has 0 saturated carbocycles. The number of hydrogen-bond acceptors (Lipinski definition) is 4. The Bertz CT molecular complexity index is 395. The molecule has 0 atom stereocenters. The molecule has 0 saturated heterocycles. The third-order valence-corrected chi connectivity index (χ3v) is 3.12. The predicted molar refractivity (Wildman–Crippen MR) is 58.4 cm³/mol. The van der Waals surface area contributed by atoms with Crippen molar-refractivity contribution >= 4 is 23.2 Å². The van der Waals surface area contributed by atoms with Crippen molar-refractivity contribution in [2.24, 2.45) is 0 Å². The number of esters is 1. The number of rotatable bonds is 2. The Hall–Kier alpha value is -1.36. The third kappa shape index (κ3) is 2.18. The first-order valence-corrected chi connectivity index (χ1v) is 5.25. The van der Waals surface area contributed by atoms with Gasteiger partial charge in [0.05, 0.1) is 17.6 Å². The van der Waals surface area contributed by atoms with E-state index in [2.05, 4.69) is 4.74 Å². The highest BCUT2D eigenvalue weighted by Crippen LogP contribution is 2.23. The molecule has 0 aliphatic rings. The van der Waals surface area contributed by atoms with E-state index in [0.29, 0.717) is 16.0 Å². The van der Waals surface area contributed by atoms with Gasteiger partial charge < -0.3 is 9.64 Å². The van der Waals surface area contributed by atoms with Gasteiger partial charge in [-0.2, -0.15) is 0 Å². The summed E-state index contributed by atoms with van der Waals surface area (Å²) in [6, 6.07) is 0. The average Bonchev–Trinajstić information content (AvgIpc) is 2.57. The van der Waals surface area contributed by atoms with Crippen LogP contribution in [-0.4, -0.2) is 38.0 Å². The molecule has 1 heterocycles. The molecule has 0 aromatic carbocycles. The lowest BCUT2D eigenvalue weighted by Gasteiger charge is -2.09. The molecular formula is C10H13NO3S. The van der Waals surface area contributed by atoms with Gasteiger partial charge in [0.2, 0.25) is 0 Å². The van der Waals surface area contributed by atoms with Gasteiger partial charge in [-0.1, -0.05) is 0 Å². The molecule has 1 aromatic rings. The van der Waals surface area contributed by atoms with Crippen LogP contribution in [0.4, 0.5) is 0 Å². The number of amides is 1. The van der Waals surface area contributed by atoms with Crippen molar-refractivity contribution in [3.8, 4) is 0 Å². The number of hydrogen-bond donors (Lipinski definition) is 0. The molecule has 82 valence electrons. The van der Waals surface area contributed by atoms with Crippen LogP contribution in [0.15, 0.2) is 5.38 Å². The fourth-order valence-electron chi connectivity index (χ4n) is 1.14. The minimum atomic E-state index is -0.401. The molecule has 15 heavy (non-hydrogen) atoms. The molecule has 0 radical (unpaired) electrons. The van der Waals surface area contributed by atoms with Crippen molar-refractivity contribution in [3.63, 3.8) is 0 Å². The summed E-state index contributed by atoms with van der Waals surface area (Å²) in [5, 5.41) is 1.65. The topological polar surface area (TPSA) is 46.6 Å². The average molecular weight is 227 g/mol. The van der Waals surface area contributed by atoms with Crippen molar-refractivity contribution in [1.29, 1.82) is 0 Å². The van der Waals surface area contributed by atoms with Crippen molar-refractivity contribution < 1.29 is 14.3 Å². The molecule has 1 amide bonds. The normalized spacial score (nSPS) is 9.87. The van der Waals surface area contributed by atoms with E-state index in [0.717, 1.165) is 0 Å². The number of carbonyl (C=O) groups is 2. The maximum atomic E-state index is 11.7. The second kappa shape index (κ2) is 4.44. The van der Waals surface area contributed by atoms with Crippen molar-refractivity contribution in [2.75, 3.05) is 21.2 Å². The van der Waals surface area contributed by atoms with Crippen LogP contribution in [0.1, 0.15) is 25.6 Å². The van der Waals surface area contributed by atoms with Crippen LogP contribution in [0.5, 0.6) is 0 Å². The van der Waals surface area contributed by atoms with Gasteiger partial charge in [0, 0.05) is 19.5 Å². The van der Waals surface area contributed by atoms with E-state index in [9.17, 15) is 9.59 Å².